The minimum Gasteiger partial charge on any atom is -0.309 e. The Morgan fingerprint density at radius 2 is 2.06 bits per heavy atom. The smallest absolute Gasteiger partial charge is 0.0576 e. The Balaban J connectivity index is 2.71. The van der Waals surface area contributed by atoms with Gasteiger partial charge in [-0.1, -0.05) is 39.7 Å². The van der Waals surface area contributed by atoms with Crippen LogP contribution in [0.15, 0.2) is 18.2 Å². The monoisotopic (exact) mass is 234 g/mol. The second kappa shape index (κ2) is 7.44. The van der Waals surface area contributed by atoms with Crippen molar-refractivity contribution in [1.82, 2.24) is 10.3 Å². The summed E-state index contributed by atoms with van der Waals surface area (Å²) in [5.74, 6) is 0.756. The summed E-state index contributed by atoms with van der Waals surface area (Å²) in [6.07, 6.45) is 3.74. The average molecular weight is 234 g/mol. The zero-order valence-electron chi connectivity index (χ0n) is 11.7. The number of nitrogens with one attached hydrogen (secondary N) is 1. The summed E-state index contributed by atoms with van der Waals surface area (Å²) in [5, 5.41) is 3.55. The molecule has 1 heterocycles. The molecule has 1 rings (SSSR count). The van der Waals surface area contributed by atoms with E-state index in [4.69, 9.17) is 0 Å². The highest BCUT2D eigenvalue weighted by molar-refractivity contribution is 5.13. The Bertz CT molecular complexity index is 322. The normalized spacial score (nSPS) is 14.6. The molecule has 17 heavy (non-hydrogen) atoms. The van der Waals surface area contributed by atoms with Gasteiger partial charge in [0.05, 0.1) is 5.69 Å². The van der Waals surface area contributed by atoms with Gasteiger partial charge in [-0.05, 0) is 37.9 Å². The Hall–Kier alpha value is -0.890. The van der Waals surface area contributed by atoms with Crippen molar-refractivity contribution in [1.29, 1.82) is 0 Å². The maximum Gasteiger partial charge on any atom is 0.0576 e. The molecular weight excluding hydrogens is 208 g/mol. The van der Waals surface area contributed by atoms with Crippen molar-refractivity contribution >= 4 is 0 Å². The highest BCUT2D eigenvalue weighted by Crippen LogP contribution is 2.22. The van der Waals surface area contributed by atoms with Crippen molar-refractivity contribution in [3.63, 3.8) is 0 Å². The molecule has 2 nitrogen and oxygen atoms in total. The summed E-state index contributed by atoms with van der Waals surface area (Å²) in [6.45, 7) is 9.81. The van der Waals surface area contributed by atoms with Crippen molar-refractivity contribution in [3.05, 3.63) is 29.6 Å². The van der Waals surface area contributed by atoms with Gasteiger partial charge in [0.25, 0.3) is 0 Å². The first kappa shape index (κ1) is 14.2. The van der Waals surface area contributed by atoms with Crippen LogP contribution in [0.1, 0.15) is 57.5 Å². The van der Waals surface area contributed by atoms with E-state index in [1.54, 1.807) is 0 Å². The summed E-state index contributed by atoms with van der Waals surface area (Å²) in [7, 11) is 0. The maximum atomic E-state index is 4.64. The van der Waals surface area contributed by atoms with Crippen molar-refractivity contribution < 1.29 is 0 Å². The Morgan fingerprint density at radius 3 is 2.65 bits per heavy atom. The highest BCUT2D eigenvalue weighted by atomic mass is 14.9. The molecular formula is C15H26N2. The molecule has 0 aromatic carbocycles. The van der Waals surface area contributed by atoms with E-state index in [1.807, 2.05) is 0 Å². The molecule has 0 spiro atoms. The number of hydrogen-bond donors (Lipinski definition) is 1. The Kier molecular flexibility index (Phi) is 6.20. The van der Waals surface area contributed by atoms with Gasteiger partial charge >= 0.3 is 0 Å². The molecule has 0 radical (unpaired) electrons. The van der Waals surface area contributed by atoms with Crippen LogP contribution < -0.4 is 5.32 Å². The molecule has 0 bridgehead atoms. The fourth-order valence-electron chi connectivity index (χ4n) is 2.33. The predicted octanol–water partition coefficient (Wildman–Crippen LogP) is 3.87. The van der Waals surface area contributed by atoms with Crippen LogP contribution in [0.2, 0.25) is 0 Å². The molecule has 1 aromatic rings. The minimum absolute atomic E-state index is 0.404. The van der Waals surface area contributed by atoms with Crippen LogP contribution in [0.4, 0.5) is 0 Å². The number of aromatic nitrogens is 1. The minimum atomic E-state index is 0.404. The van der Waals surface area contributed by atoms with E-state index in [-0.39, 0.29) is 0 Å². The SMILES string of the molecule is CCCC(C)CC(NCC)c1cccc(C)n1. The van der Waals surface area contributed by atoms with Crippen LogP contribution in [0.25, 0.3) is 0 Å². The van der Waals surface area contributed by atoms with Gasteiger partial charge in [0, 0.05) is 11.7 Å². The van der Waals surface area contributed by atoms with E-state index in [9.17, 15) is 0 Å². The lowest BCUT2D eigenvalue weighted by Gasteiger charge is -2.21. The third-order valence-electron chi connectivity index (χ3n) is 3.14. The molecule has 1 N–H and O–H groups in total. The molecule has 1 aromatic heterocycles. The molecule has 0 fully saturated rings. The second-order valence-electron chi connectivity index (χ2n) is 4.94. The van der Waals surface area contributed by atoms with Gasteiger partial charge in [-0.3, -0.25) is 4.98 Å². The van der Waals surface area contributed by atoms with E-state index in [0.717, 1.165) is 18.2 Å². The van der Waals surface area contributed by atoms with Crippen LogP contribution in [0.3, 0.4) is 0 Å². The number of nitrogens with zero attached hydrogens (tertiary/aromatic N) is 1. The molecule has 0 aliphatic rings. The van der Waals surface area contributed by atoms with Crippen LogP contribution in [-0.2, 0) is 0 Å². The van der Waals surface area contributed by atoms with E-state index >= 15 is 0 Å². The van der Waals surface area contributed by atoms with Gasteiger partial charge < -0.3 is 5.32 Å². The molecule has 0 aliphatic carbocycles. The average Bonchev–Trinajstić information content (AvgIpc) is 2.29. The Labute approximate surface area is 106 Å². The summed E-state index contributed by atoms with van der Waals surface area (Å²) in [6, 6.07) is 6.70. The number of rotatable bonds is 7. The first-order valence-corrected chi connectivity index (χ1v) is 6.84. The largest absolute Gasteiger partial charge is 0.309 e. The van der Waals surface area contributed by atoms with E-state index in [1.165, 1.54) is 25.0 Å². The lowest BCUT2D eigenvalue weighted by atomic mass is 9.95. The van der Waals surface area contributed by atoms with E-state index in [0.29, 0.717) is 6.04 Å². The van der Waals surface area contributed by atoms with Crippen LogP contribution in [0, 0.1) is 12.8 Å². The lowest BCUT2D eigenvalue weighted by Crippen LogP contribution is -2.24. The first-order chi connectivity index (χ1) is 8.17. The molecule has 2 heteroatoms. The number of hydrogen-bond acceptors (Lipinski definition) is 2. The zero-order chi connectivity index (χ0) is 12.7. The van der Waals surface area contributed by atoms with Crippen LogP contribution >= 0.6 is 0 Å². The molecule has 0 saturated heterocycles. The predicted molar refractivity (Wildman–Crippen MR) is 74.1 cm³/mol. The fourth-order valence-corrected chi connectivity index (χ4v) is 2.33. The molecule has 96 valence electrons. The topological polar surface area (TPSA) is 24.9 Å². The van der Waals surface area contributed by atoms with Crippen molar-refractivity contribution in [2.75, 3.05) is 6.54 Å². The molecule has 0 aliphatic heterocycles. The van der Waals surface area contributed by atoms with Crippen molar-refractivity contribution in [3.8, 4) is 0 Å². The summed E-state index contributed by atoms with van der Waals surface area (Å²) in [5.41, 5.74) is 2.29. The standard InChI is InChI=1S/C15H26N2/c1-5-8-12(3)11-15(16-6-2)14-10-7-9-13(4)17-14/h7,9-10,12,15-16H,5-6,8,11H2,1-4H3. The molecule has 0 saturated carbocycles. The van der Waals surface area contributed by atoms with Gasteiger partial charge in [-0.25, -0.2) is 0 Å². The maximum absolute atomic E-state index is 4.64. The van der Waals surface area contributed by atoms with Gasteiger partial charge in [0.15, 0.2) is 0 Å². The molecule has 2 atom stereocenters. The van der Waals surface area contributed by atoms with E-state index in [2.05, 4.69) is 56.2 Å². The quantitative estimate of drug-likeness (QED) is 0.774. The van der Waals surface area contributed by atoms with Crippen molar-refractivity contribution in [2.24, 2.45) is 5.92 Å². The zero-order valence-corrected chi connectivity index (χ0v) is 11.7. The molecule has 0 amide bonds. The van der Waals surface area contributed by atoms with Crippen LogP contribution in [0.5, 0.6) is 0 Å². The highest BCUT2D eigenvalue weighted by Gasteiger charge is 2.15. The molecule has 2 unspecified atom stereocenters. The fraction of sp³-hybridized carbons (Fsp3) is 0.667. The van der Waals surface area contributed by atoms with Gasteiger partial charge in [0.1, 0.15) is 0 Å². The number of pyridine rings is 1. The van der Waals surface area contributed by atoms with E-state index < -0.39 is 0 Å². The first-order valence-electron chi connectivity index (χ1n) is 6.84. The lowest BCUT2D eigenvalue weighted by molar-refractivity contribution is 0.389. The summed E-state index contributed by atoms with van der Waals surface area (Å²) in [4.78, 5) is 4.64. The Morgan fingerprint density at radius 1 is 1.29 bits per heavy atom. The summed E-state index contributed by atoms with van der Waals surface area (Å²) >= 11 is 0. The van der Waals surface area contributed by atoms with Gasteiger partial charge in [-0.2, -0.15) is 0 Å². The number of aryl methyl sites for hydroxylation is 1. The third-order valence-corrected chi connectivity index (χ3v) is 3.14. The van der Waals surface area contributed by atoms with Crippen molar-refractivity contribution in [2.45, 2.75) is 53.0 Å². The van der Waals surface area contributed by atoms with Crippen LogP contribution in [-0.4, -0.2) is 11.5 Å². The summed E-state index contributed by atoms with van der Waals surface area (Å²) < 4.78 is 0. The third kappa shape index (κ3) is 4.86. The second-order valence-corrected chi connectivity index (χ2v) is 4.94. The van der Waals surface area contributed by atoms with Gasteiger partial charge in [-0.15, -0.1) is 0 Å². The van der Waals surface area contributed by atoms with Gasteiger partial charge in [0.2, 0.25) is 0 Å².